The summed E-state index contributed by atoms with van der Waals surface area (Å²) >= 11 is 1.19. The molecule has 0 saturated heterocycles. The number of primary amides is 1. The van der Waals surface area contributed by atoms with Crippen molar-refractivity contribution in [2.45, 2.75) is 17.9 Å². The van der Waals surface area contributed by atoms with Crippen molar-refractivity contribution in [2.24, 2.45) is 5.73 Å². The third kappa shape index (κ3) is 4.96. The number of carbonyl (C=O) groups excluding carboxylic acids is 2. The number of carboxylic acid groups (broad SMARTS) is 1. The quantitative estimate of drug-likeness (QED) is 0.625. The van der Waals surface area contributed by atoms with E-state index in [1.54, 1.807) is 6.07 Å². The molecule has 0 aliphatic heterocycles. The van der Waals surface area contributed by atoms with E-state index in [-0.39, 0.29) is 11.4 Å². The van der Waals surface area contributed by atoms with E-state index in [0.717, 1.165) is 0 Å². The molecule has 0 aromatic carbocycles. The van der Waals surface area contributed by atoms with E-state index in [2.05, 4.69) is 10.3 Å². The molecular formula is C11H13N3O4S. The first-order chi connectivity index (χ1) is 8.90. The number of hydrogen-bond donors (Lipinski definition) is 3. The second kappa shape index (κ2) is 6.74. The second-order valence-corrected chi connectivity index (χ2v) is 4.74. The zero-order valence-corrected chi connectivity index (χ0v) is 10.9. The molecule has 1 rings (SSSR count). The fourth-order valence-electron chi connectivity index (χ4n) is 1.24. The van der Waals surface area contributed by atoms with Gasteiger partial charge in [-0.2, -0.15) is 0 Å². The number of rotatable bonds is 6. The number of nitrogens with one attached hydrogen (secondary N) is 1. The van der Waals surface area contributed by atoms with Crippen LogP contribution in [0.15, 0.2) is 23.2 Å². The van der Waals surface area contributed by atoms with Crippen molar-refractivity contribution < 1.29 is 19.5 Å². The molecule has 4 N–H and O–H groups in total. The Kier molecular flexibility index (Phi) is 5.31. The lowest BCUT2D eigenvalue weighted by atomic mass is 10.3. The Morgan fingerprint density at radius 3 is 2.74 bits per heavy atom. The number of pyridine rings is 1. The highest BCUT2D eigenvalue weighted by Gasteiger charge is 2.18. The molecule has 2 amide bonds. The van der Waals surface area contributed by atoms with Crippen LogP contribution < -0.4 is 11.1 Å². The van der Waals surface area contributed by atoms with E-state index >= 15 is 0 Å². The van der Waals surface area contributed by atoms with Gasteiger partial charge in [-0.3, -0.25) is 14.6 Å². The Hall–Kier alpha value is -2.09. The minimum Gasteiger partial charge on any atom is -0.480 e. The molecule has 7 nitrogen and oxygen atoms in total. The molecule has 0 saturated carbocycles. The van der Waals surface area contributed by atoms with Gasteiger partial charge in [0.25, 0.3) is 5.91 Å². The average Bonchev–Trinajstić information content (AvgIpc) is 2.34. The van der Waals surface area contributed by atoms with Crippen molar-refractivity contribution in [1.29, 1.82) is 0 Å². The van der Waals surface area contributed by atoms with E-state index in [1.165, 1.54) is 30.9 Å². The second-order valence-electron chi connectivity index (χ2n) is 3.64. The maximum atomic E-state index is 10.9. The number of carbonyl (C=O) groups is 3. The highest BCUT2D eigenvalue weighted by atomic mass is 32.2. The Balaban J connectivity index is 2.68. The third-order valence-electron chi connectivity index (χ3n) is 2.08. The molecule has 0 bridgehead atoms. The summed E-state index contributed by atoms with van der Waals surface area (Å²) in [5.41, 5.74) is 5.20. The van der Waals surface area contributed by atoms with Crippen LogP contribution in [-0.4, -0.2) is 39.7 Å². The van der Waals surface area contributed by atoms with Crippen molar-refractivity contribution in [3.05, 3.63) is 24.0 Å². The summed E-state index contributed by atoms with van der Waals surface area (Å²) in [6.45, 7) is 1.25. The normalized spacial score (nSPS) is 11.6. The van der Waals surface area contributed by atoms with Crippen molar-refractivity contribution in [3.63, 3.8) is 0 Å². The van der Waals surface area contributed by atoms with Crippen LogP contribution in [-0.2, 0) is 9.59 Å². The van der Waals surface area contributed by atoms with Crippen LogP contribution in [0.1, 0.15) is 17.4 Å². The maximum Gasteiger partial charge on any atom is 0.327 e. The molecule has 1 heterocycles. The monoisotopic (exact) mass is 283 g/mol. The molecule has 19 heavy (non-hydrogen) atoms. The Morgan fingerprint density at radius 1 is 1.53 bits per heavy atom. The summed E-state index contributed by atoms with van der Waals surface area (Å²) in [4.78, 5) is 37.1. The van der Waals surface area contributed by atoms with Crippen LogP contribution in [0.4, 0.5) is 0 Å². The van der Waals surface area contributed by atoms with Crippen molar-refractivity contribution in [2.75, 3.05) is 5.75 Å². The molecule has 1 atom stereocenters. The summed E-state index contributed by atoms with van der Waals surface area (Å²) in [6.07, 6.45) is 1.41. The first-order valence-electron chi connectivity index (χ1n) is 5.28. The molecule has 0 aliphatic rings. The highest BCUT2D eigenvalue weighted by molar-refractivity contribution is 7.99. The van der Waals surface area contributed by atoms with Crippen LogP contribution in [0.5, 0.6) is 0 Å². The van der Waals surface area contributed by atoms with Gasteiger partial charge in [0.15, 0.2) is 0 Å². The standard InChI is InChI=1S/C11H13N3O4S/c1-6(15)14-9(11(17)18)5-19-7-2-3-13-8(4-7)10(12)16/h2-4,9H,5H2,1H3,(H2,12,16)(H,14,15)(H,17,18)/t9-/m0/s1. The van der Waals surface area contributed by atoms with Crippen LogP contribution in [0.3, 0.4) is 0 Å². The Morgan fingerprint density at radius 2 is 2.21 bits per heavy atom. The minimum absolute atomic E-state index is 0.108. The molecule has 8 heteroatoms. The number of aromatic nitrogens is 1. The molecule has 0 unspecified atom stereocenters. The van der Waals surface area contributed by atoms with Crippen molar-refractivity contribution in [3.8, 4) is 0 Å². The molecule has 0 radical (unpaired) electrons. The van der Waals surface area contributed by atoms with E-state index in [4.69, 9.17) is 10.8 Å². The molecule has 1 aromatic rings. The van der Waals surface area contributed by atoms with Gasteiger partial charge < -0.3 is 16.2 Å². The smallest absolute Gasteiger partial charge is 0.327 e. The van der Waals surface area contributed by atoms with E-state index < -0.39 is 23.8 Å². The zero-order chi connectivity index (χ0) is 14.4. The van der Waals surface area contributed by atoms with E-state index in [9.17, 15) is 14.4 Å². The van der Waals surface area contributed by atoms with Gasteiger partial charge in [0.05, 0.1) is 0 Å². The molecule has 0 spiro atoms. The molecule has 1 aromatic heterocycles. The summed E-state index contributed by atoms with van der Waals surface area (Å²) in [5.74, 6) is -2.05. The topological polar surface area (TPSA) is 122 Å². The van der Waals surface area contributed by atoms with Gasteiger partial charge in [0.1, 0.15) is 11.7 Å². The number of carboxylic acids is 1. The average molecular weight is 283 g/mol. The lowest BCUT2D eigenvalue weighted by molar-refractivity contribution is -0.140. The number of amides is 2. The summed E-state index contributed by atoms with van der Waals surface area (Å²) in [7, 11) is 0. The first-order valence-corrected chi connectivity index (χ1v) is 6.27. The van der Waals surface area contributed by atoms with E-state index in [1.807, 2.05) is 0 Å². The summed E-state index contributed by atoms with van der Waals surface area (Å²) in [5, 5.41) is 11.2. The Bertz CT molecular complexity index is 506. The van der Waals surface area contributed by atoms with Crippen molar-refractivity contribution in [1.82, 2.24) is 10.3 Å². The fraction of sp³-hybridized carbons (Fsp3) is 0.273. The fourth-order valence-corrected chi connectivity index (χ4v) is 2.17. The first kappa shape index (κ1) is 15.0. The number of nitrogens with two attached hydrogens (primary N) is 1. The van der Waals surface area contributed by atoms with Gasteiger partial charge in [-0.05, 0) is 12.1 Å². The van der Waals surface area contributed by atoms with Crippen molar-refractivity contribution >= 4 is 29.5 Å². The number of aliphatic carboxylic acids is 1. The number of thioether (sulfide) groups is 1. The van der Waals surface area contributed by atoms with Crippen LogP contribution in [0, 0.1) is 0 Å². The predicted molar refractivity (Wildman–Crippen MR) is 68.7 cm³/mol. The van der Waals surface area contributed by atoms with E-state index in [0.29, 0.717) is 4.90 Å². The highest BCUT2D eigenvalue weighted by Crippen LogP contribution is 2.19. The zero-order valence-electron chi connectivity index (χ0n) is 10.1. The van der Waals surface area contributed by atoms with Gasteiger partial charge >= 0.3 is 5.97 Å². The van der Waals surface area contributed by atoms with Gasteiger partial charge in [-0.25, -0.2) is 4.79 Å². The summed E-state index contributed by atoms with van der Waals surface area (Å²) in [6, 6.07) is 2.11. The Labute approximate surface area is 113 Å². The largest absolute Gasteiger partial charge is 0.480 e. The number of hydrogen-bond acceptors (Lipinski definition) is 5. The van der Waals surface area contributed by atoms with Crippen LogP contribution in [0.2, 0.25) is 0 Å². The third-order valence-corrected chi connectivity index (χ3v) is 3.16. The van der Waals surface area contributed by atoms with Gasteiger partial charge in [-0.15, -0.1) is 11.8 Å². The molecule has 102 valence electrons. The SMILES string of the molecule is CC(=O)N[C@@H](CSc1ccnc(C(N)=O)c1)C(=O)O. The maximum absolute atomic E-state index is 10.9. The van der Waals surface area contributed by atoms with Gasteiger partial charge in [0, 0.05) is 23.8 Å². The molecular weight excluding hydrogens is 270 g/mol. The minimum atomic E-state index is -1.12. The lowest BCUT2D eigenvalue weighted by Crippen LogP contribution is -2.41. The lowest BCUT2D eigenvalue weighted by Gasteiger charge is -2.12. The summed E-state index contributed by atoms with van der Waals surface area (Å²) < 4.78 is 0. The molecule has 0 fully saturated rings. The van der Waals surface area contributed by atoms with Crippen LogP contribution >= 0.6 is 11.8 Å². The van der Waals surface area contributed by atoms with Crippen LogP contribution in [0.25, 0.3) is 0 Å². The predicted octanol–water partition coefficient (Wildman–Crippen LogP) is -0.138. The molecule has 0 aliphatic carbocycles. The van der Waals surface area contributed by atoms with Gasteiger partial charge in [0.2, 0.25) is 5.91 Å². The number of nitrogens with zero attached hydrogens (tertiary/aromatic N) is 1. The van der Waals surface area contributed by atoms with Gasteiger partial charge in [-0.1, -0.05) is 0 Å².